The number of anilines is 1. The van der Waals surface area contributed by atoms with E-state index in [4.69, 9.17) is 21.3 Å². The Bertz CT molecular complexity index is 1310. The number of carbonyl (C=O) groups is 1. The van der Waals surface area contributed by atoms with Gasteiger partial charge in [-0.2, -0.15) is 8.42 Å². The van der Waals surface area contributed by atoms with Gasteiger partial charge in [0.25, 0.3) is 5.91 Å². The van der Waals surface area contributed by atoms with Crippen molar-refractivity contribution in [3.8, 4) is 5.75 Å². The molecular weight excluding hydrogens is 539 g/mol. The van der Waals surface area contributed by atoms with Crippen LogP contribution in [0.25, 0.3) is 6.08 Å². The third kappa shape index (κ3) is 6.94. The molecule has 2 aliphatic rings. The van der Waals surface area contributed by atoms with E-state index in [0.29, 0.717) is 17.1 Å². The summed E-state index contributed by atoms with van der Waals surface area (Å²) < 4.78 is 34.7. The third-order valence-electron chi connectivity index (χ3n) is 5.99. The number of nitrogens with zero attached hydrogens (tertiary/aromatic N) is 2. The van der Waals surface area contributed by atoms with Crippen molar-refractivity contribution in [2.45, 2.75) is 25.9 Å². The monoisotopic (exact) mass is 568 g/mol. The molecule has 0 saturated carbocycles. The second-order valence-corrected chi connectivity index (χ2v) is 10.1. The van der Waals surface area contributed by atoms with E-state index in [0.717, 1.165) is 35.8 Å². The highest BCUT2D eigenvalue weighted by molar-refractivity contribution is 7.91. The number of carbonyl (C=O) groups excluding carboxylic acids is 1. The highest BCUT2D eigenvalue weighted by Crippen LogP contribution is 2.32. The van der Waals surface area contributed by atoms with Crippen molar-refractivity contribution < 1.29 is 17.9 Å². The molecule has 0 atom stereocenters. The lowest BCUT2D eigenvalue weighted by atomic mass is 10.1. The molecule has 2 heterocycles. The minimum absolute atomic E-state index is 0. The Balaban J connectivity index is 0.00000241. The summed E-state index contributed by atoms with van der Waals surface area (Å²) in [7, 11) is -4.05. The van der Waals surface area contributed by atoms with E-state index in [2.05, 4.69) is 4.72 Å². The largest absolute Gasteiger partial charge is 0.490 e. The number of halogens is 2. The number of amidine groups is 2. The summed E-state index contributed by atoms with van der Waals surface area (Å²) >= 11 is 0. The maximum Gasteiger partial charge on any atom is 0.326 e. The molecule has 0 radical (unpaired) electrons. The van der Waals surface area contributed by atoms with Crippen LogP contribution in [-0.2, 0) is 10.2 Å². The Labute approximate surface area is 228 Å². The normalized spacial score (nSPS) is 16.7. The predicted octanol–water partition coefficient (Wildman–Crippen LogP) is 3.16. The van der Waals surface area contributed by atoms with Crippen LogP contribution >= 0.6 is 24.8 Å². The molecule has 5 N–H and O–H groups in total. The van der Waals surface area contributed by atoms with Crippen LogP contribution in [0.1, 0.15) is 41.3 Å². The zero-order chi connectivity index (χ0) is 25.2. The molecule has 37 heavy (non-hydrogen) atoms. The first kappa shape index (κ1) is 29.9. The standard InChI is InChI=1S/C24H28N6O4S.2ClH/c1-16(25)29-12-9-19(10-13-29)34-20-7-8-22-21(15-20)24(31)28-35(32,33)30(22)11-3-5-17-4-2-6-18(14-17)23(26)27;;/h2-8,14-15,19,25H,9-13H2,1H3,(H3,26,27)(H,28,31);2*1H/b5-3+,25-16?;;. The van der Waals surface area contributed by atoms with Crippen LogP contribution < -0.4 is 19.5 Å². The topological polar surface area (TPSA) is 153 Å². The number of hydrogen-bond donors (Lipinski definition) is 4. The maximum absolute atomic E-state index is 12.7. The van der Waals surface area contributed by atoms with Gasteiger partial charge in [-0.3, -0.25) is 15.6 Å². The molecule has 2 aliphatic heterocycles. The Morgan fingerprint density at radius 2 is 1.86 bits per heavy atom. The number of nitrogens with two attached hydrogens (primary N) is 1. The lowest BCUT2D eigenvalue weighted by Crippen LogP contribution is -2.48. The van der Waals surface area contributed by atoms with Gasteiger partial charge in [0.2, 0.25) is 0 Å². The molecule has 0 spiro atoms. The molecule has 0 aliphatic carbocycles. The molecule has 4 rings (SSSR count). The number of amides is 1. The van der Waals surface area contributed by atoms with Gasteiger partial charge in [-0.1, -0.05) is 30.4 Å². The van der Waals surface area contributed by atoms with Crippen LogP contribution in [0, 0.1) is 10.8 Å². The summed E-state index contributed by atoms with van der Waals surface area (Å²) in [5.74, 6) is 0.286. The van der Waals surface area contributed by atoms with Crippen LogP contribution in [0.4, 0.5) is 5.69 Å². The average Bonchev–Trinajstić information content (AvgIpc) is 2.81. The minimum atomic E-state index is -4.05. The van der Waals surface area contributed by atoms with Crippen molar-refractivity contribution in [1.82, 2.24) is 9.62 Å². The molecule has 1 fully saturated rings. The van der Waals surface area contributed by atoms with Gasteiger partial charge < -0.3 is 15.4 Å². The number of nitrogen functional groups attached to an aromatic ring is 1. The summed E-state index contributed by atoms with van der Waals surface area (Å²) in [6.07, 6.45) is 4.88. The van der Waals surface area contributed by atoms with Crippen molar-refractivity contribution in [2.75, 3.05) is 23.9 Å². The van der Waals surface area contributed by atoms with Gasteiger partial charge in [-0.25, -0.2) is 9.03 Å². The molecule has 10 nitrogen and oxygen atoms in total. The molecule has 13 heteroatoms. The highest BCUT2D eigenvalue weighted by atomic mass is 35.5. The minimum Gasteiger partial charge on any atom is -0.490 e. The molecule has 0 aromatic heterocycles. The van der Waals surface area contributed by atoms with Crippen molar-refractivity contribution in [3.63, 3.8) is 0 Å². The quantitative estimate of drug-likeness (QED) is 0.310. The van der Waals surface area contributed by atoms with E-state index in [1.54, 1.807) is 55.5 Å². The van der Waals surface area contributed by atoms with Crippen molar-refractivity contribution >= 4 is 64.4 Å². The van der Waals surface area contributed by atoms with Gasteiger partial charge in [0, 0.05) is 31.5 Å². The van der Waals surface area contributed by atoms with Gasteiger partial charge in [0.05, 0.1) is 23.6 Å². The van der Waals surface area contributed by atoms with Crippen LogP contribution in [0.2, 0.25) is 0 Å². The zero-order valence-corrected chi connectivity index (χ0v) is 22.6. The van der Waals surface area contributed by atoms with E-state index in [-0.39, 0.29) is 54.5 Å². The number of likely N-dealkylation sites (tertiary alicyclic amines) is 1. The SMILES string of the molecule is CC(=N)N1CCC(Oc2ccc3c(c2)C(=O)NS(=O)(=O)N3C/C=C/c2cccc(C(=N)N)c2)CC1.Cl.Cl. The first-order valence-corrected chi connectivity index (χ1v) is 12.6. The average molecular weight is 570 g/mol. The maximum atomic E-state index is 12.7. The highest BCUT2D eigenvalue weighted by Gasteiger charge is 2.34. The number of ether oxygens (including phenoxy) is 1. The Hall–Kier alpha value is -3.28. The van der Waals surface area contributed by atoms with Gasteiger partial charge in [0.1, 0.15) is 17.7 Å². The zero-order valence-electron chi connectivity index (χ0n) is 20.1. The van der Waals surface area contributed by atoms with Crippen molar-refractivity contribution in [3.05, 3.63) is 65.2 Å². The summed E-state index contributed by atoms with van der Waals surface area (Å²) in [6.45, 7) is 3.24. The second-order valence-electron chi connectivity index (χ2n) is 8.48. The first-order valence-electron chi connectivity index (χ1n) is 11.2. The number of piperidine rings is 1. The van der Waals surface area contributed by atoms with Crippen molar-refractivity contribution in [1.29, 1.82) is 10.8 Å². The van der Waals surface area contributed by atoms with Gasteiger partial charge in [-0.05, 0) is 36.8 Å². The third-order valence-corrected chi connectivity index (χ3v) is 7.36. The summed E-state index contributed by atoms with van der Waals surface area (Å²) in [5.41, 5.74) is 7.36. The van der Waals surface area contributed by atoms with E-state index < -0.39 is 16.1 Å². The Kier molecular flexibility index (Phi) is 9.96. The van der Waals surface area contributed by atoms with Crippen molar-refractivity contribution in [2.24, 2.45) is 5.73 Å². The Morgan fingerprint density at radius 3 is 2.51 bits per heavy atom. The van der Waals surface area contributed by atoms with Crippen LogP contribution in [-0.4, -0.2) is 56.6 Å². The van der Waals surface area contributed by atoms with Gasteiger partial charge in [0.15, 0.2) is 0 Å². The van der Waals surface area contributed by atoms with Gasteiger partial charge >= 0.3 is 10.2 Å². The lowest BCUT2D eigenvalue weighted by molar-refractivity contribution is 0.0977. The van der Waals surface area contributed by atoms with E-state index >= 15 is 0 Å². The number of fused-ring (bicyclic) bond motifs is 1. The number of hydrogen-bond acceptors (Lipinski definition) is 6. The molecule has 1 amide bonds. The number of benzene rings is 2. The second kappa shape index (κ2) is 12.3. The summed E-state index contributed by atoms with van der Waals surface area (Å²) in [6, 6.07) is 11.9. The van der Waals surface area contributed by atoms with E-state index in [1.807, 2.05) is 11.0 Å². The predicted molar refractivity (Wildman–Crippen MR) is 150 cm³/mol. The molecule has 2 aromatic carbocycles. The van der Waals surface area contributed by atoms with Crippen LogP contribution in [0.5, 0.6) is 5.75 Å². The number of nitrogens with one attached hydrogen (secondary N) is 3. The Morgan fingerprint density at radius 1 is 1.16 bits per heavy atom. The molecule has 1 saturated heterocycles. The molecule has 200 valence electrons. The van der Waals surface area contributed by atoms with E-state index in [9.17, 15) is 13.2 Å². The summed E-state index contributed by atoms with van der Waals surface area (Å²) in [4.78, 5) is 14.5. The molecule has 0 bridgehead atoms. The molecule has 0 unspecified atom stereocenters. The smallest absolute Gasteiger partial charge is 0.326 e. The lowest BCUT2D eigenvalue weighted by Gasteiger charge is -2.33. The first-order chi connectivity index (χ1) is 16.6. The molecular formula is C24H30Cl2N6O4S. The molecule has 2 aromatic rings. The van der Waals surface area contributed by atoms with Crippen LogP contribution in [0.3, 0.4) is 0 Å². The van der Waals surface area contributed by atoms with E-state index in [1.165, 1.54) is 0 Å². The number of rotatable bonds is 6. The fourth-order valence-corrected chi connectivity index (χ4v) is 5.29. The fourth-order valence-electron chi connectivity index (χ4n) is 4.14. The van der Waals surface area contributed by atoms with Crippen LogP contribution in [0.15, 0.2) is 48.5 Å². The fraction of sp³-hybridized carbons (Fsp3) is 0.292. The summed E-state index contributed by atoms with van der Waals surface area (Å²) in [5, 5.41) is 15.3. The van der Waals surface area contributed by atoms with Gasteiger partial charge in [-0.15, -0.1) is 24.8 Å².